The quantitative estimate of drug-likeness (QED) is 0.422. The van der Waals surface area contributed by atoms with E-state index in [0.29, 0.717) is 57.9 Å². The van der Waals surface area contributed by atoms with Crippen molar-refractivity contribution in [3.05, 3.63) is 65.1 Å². The van der Waals surface area contributed by atoms with Gasteiger partial charge >= 0.3 is 0 Å². The van der Waals surface area contributed by atoms with Gasteiger partial charge in [-0.1, -0.05) is 12.1 Å². The second-order valence-electron chi connectivity index (χ2n) is 8.37. The van der Waals surface area contributed by atoms with Crippen LogP contribution in [0.5, 0.6) is 0 Å². The first kappa shape index (κ1) is 22.5. The van der Waals surface area contributed by atoms with Gasteiger partial charge in [0.25, 0.3) is 0 Å². The summed E-state index contributed by atoms with van der Waals surface area (Å²) in [7, 11) is -2.05. The van der Waals surface area contributed by atoms with Gasteiger partial charge in [-0.15, -0.1) is 0 Å². The molecule has 11 heteroatoms. The number of ketones is 1. The number of fused-ring (bicyclic) bond motifs is 2. The van der Waals surface area contributed by atoms with Gasteiger partial charge in [0.1, 0.15) is 23.3 Å². The highest BCUT2D eigenvalue weighted by atomic mass is 32.2. The monoisotopic (exact) mass is 487 g/mol. The molecule has 4 aromatic rings. The summed E-state index contributed by atoms with van der Waals surface area (Å²) >= 11 is 0. The summed E-state index contributed by atoms with van der Waals surface area (Å²) in [6.07, 6.45) is 4.88. The summed E-state index contributed by atoms with van der Waals surface area (Å²) < 4.78 is 25.2. The fourth-order valence-corrected chi connectivity index (χ4v) is 4.61. The molecule has 0 saturated carbocycles. The molecule has 0 aliphatic heterocycles. The number of carbonyl (C=O) groups is 1. The van der Waals surface area contributed by atoms with Gasteiger partial charge in [-0.2, -0.15) is 5.26 Å². The molecule has 0 spiro atoms. The van der Waals surface area contributed by atoms with E-state index in [1.54, 1.807) is 12.1 Å². The topological polar surface area (TPSA) is 145 Å². The van der Waals surface area contributed by atoms with Crippen LogP contribution in [0.25, 0.3) is 22.4 Å². The van der Waals surface area contributed by atoms with Gasteiger partial charge < -0.3 is 10.3 Å². The molecule has 0 radical (unpaired) electrons. The van der Waals surface area contributed by atoms with E-state index in [-0.39, 0.29) is 12.3 Å². The fraction of sp³-hybridized carbons (Fsp3) is 0.208. The first-order valence-corrected chi connectivity index (χ1v) is 12.6. The summed E-state index contributed by atoms with van der Waals surface area (Å²) in [6.45, 7) is 0.233. The summed E-state index contributed by atoms with van der Waals surface area (Å²) in [5.41, 5.74) is 5.26. The Labute approximate surface area is 201 Å². The molecule has 1 aliphatic rings. The molecule has 0 saturated heterocycles. The molecule has 0 fully saturated rings. The minimum atomic E-state index is -3.50. The highest BCUT2D eigenvalue weighted by molar-refractivity contribution is 7.92. The summed E-state index contributed by atoms with van der Waals surface area (Å²) in [6, 6.07) is 11.3. The Balaban J connectivity index is 1.51. The van der Waals surface area contributed by atoms with Crippen LogP contribution in [0.15, 0.2) is 42.7 Å². The number of H-pyrrole nitrogens is 1. The molecule has 0 aromatic carbocycles. The Kier molecular flexibility index (Phi) is 5.45. The largest absolute Gasteiger partial charge is 0.379 e. The lowest BCUT2D eigenvalue weighted by molar-refractivity contribution is -0.117. The van der Waals surface area contributed by atoms with E-state index in [4.69, 9.17) is 0 Å². The Morgan fingerprint density at radius 3 is 2.83 bits per heavy atom. The van der Waals surface area contributed by atoms with E-state index in [1.807, 2.05) is 18.2 Å². The normalized spacial score (nSPS) is 13.0. The Hall–Kier alpha value is -4.30. The first-order valence-electron chi connectivity index (χ1n) is 10.8. The lowest BCUT2D eigenvalue weighted by Gasteiger charge is -2.19. The van der Waals surface area contributed by atoms with E-state index < -0.39 is 10.0 Å². The van der Waals surface area contributed by atoms with Crippen molar-refractivity contribution in [1.29, 1.82) is 5.26 Å². The minimum Gasteiger partial charge on any atom is -0.379 e. The molecule has 0 atom stereocenters. The summed E-state index contributed by atoms with van der Waals surface area (Å²) in [5, 5.41) is 13.7. The molecule has 1 aliphatic carbocycles. The van der Waals surface area contributed by atoms with E-state index in [1.165, 1.54) is 19.4 Å². The zero-order chi connectivity index (χ0) is 24.7. The van der Waals surface area contributed by atoms with Crippen LogP contribution in [0.4, 0.5) is 11.5 Å². The number of hydrogen-bond donors (Lipinski definition) is 2. The maximum Gasteiger partial charge on any atom is 0.233 e. The van der Waals surface area contributed by atoms with E-state index in [9.17, 15) is 18.5 Å². The fourth-order valence-electron chi connectivity index (χ4n) is 4.14. The van der Waals surface area contributed by atoms with Crippen LogP contribution in [-0.4, -0.2) is 47.4 Å². The van der Waals surface area contributed by atoms with Crippen molar-refractivity contribution >= 4 is 38.3 Å². The molecule has 2 N–H and O–H groups in total. The maximum atomic E-state index is 12.0. The van der Waals surface area contributed by atoms with Crippen molar-refractivity contribution in [2.45, 2.75) is 19.4 Å². The SMILES string of the molecule is CN(c1ncccc1CNc1c(C#N)cnc2[nH]c(-c3ccc4c(n3)CC(=O)C4)cc12)S(C)(=O)=O. The van der Waals surface area contributed by atoms with Crippen LogP contribution < -0.4 is 9.62 Å². The molecule has 0 amide bonds. The summed E-state index contributed by atoms with van der Waals surface area (Å²) in [4.78, 5) is 28.3. The standard InChI is InChI=1S/C24H21N7O3S/c1-31(35(2,33)34)24-15(4-3-7-26-24)12-27-22-16(11-25)13-28-23-18(22)10-21(30-23)19-6-5-14-8-17(32)9-20(14)29-19/h3-7,10,13H,8-9,12H2,1-2H3,(H2,27,28,30). The number of aromatic amines is 1. The number of sulfonamides is 1. The van der Waals surface area contributed by atoms with Crippen molar-refractivity contribution in [2.24, 2.45) is 0 Å². The smallest absolute Gasteiger partial charge is 0.233 e. The lowest BCUT2D eigenvalue weighted by Crippen LogP contribution is -2.27. The van der Waals surface area contributed by atoms with Gasteiger partial charge in [-0.25, -0.2) is 18.4 Å². The van der Waals surface area contributed by atoms with Gasteiger partial charge in [-0.3, -0.25) is 14.1 Å². The minimum absolute atomic E-state index is 0.157. The van der Waals surface area contributed by atoms with Gasteiger partial charge in [0.05, 0.1) is 34.6 Å². The van der Waals surface area contributed by atoms with E-state index >= 15 is 0 Å². The number of rotatable bonds is 6. The number of hydrogen-bond acceptors (Lipinski definition) is 8. The molecular weight excluding hydrogens is 466 g/mol. The molecule has 176 valence electrons. The van der Waals surface area contributed by atoms with Gasteiger partial charge in [0, 0.05) is 49.8 Å². The van der Waals surface area contributed by atoms with Crippen LogP contribution in [0.2, 0.25) is 0 Å². The lowest BCUT2D eigenvalue weighted by atomic mass is 10.1. The van der Waals surface area contributed by atoms with Crippen LogP contribution in [-0.2, 0) is 34.2 Å². The number of anilines is 2. The summed E-state index contributed by atoms with van der Waals surface area (Å²) in [5.74, 6) is 0.461. The average Bonchev–Trinajstić information content (AvgIpc) is 3.43. The third kappa shape index (κ3) is 4.20. The second kappa shape index (κ2) is 8.48. The highest BCUT2D eigenvalue weighted by Gasteiger charge is 2.22. The van der Waals surface area contributed by atoms with Crippen molar-refractivity contribution in [3.8, 4) is 17.5 Å². The van der Waals surface area contributed by atoms with E-state index in [0.717, 1.165) is 21.8 Å². The van der Waals surface area contributed by atoms with Crippen molar-refractivity contribution in [1.82, 2.24) is 19.9 Å². The van der Waals surface area contributed by atoms with Gasteiger partial charge in [0.15, 0.2) is 0 Å². The number of nitriles is 1. The number of carbonyl (C=O) groups excluding carboxylic acids is 1. The molecule has 4 aromatic heterocycles. The molecule has 5 rings (SSSR count). The number of pyridine rings is 3. The van der Waals surface area contributed by atoms with Crippen LogP contribution in [0.1, 0.15) is 22.4 Å². The zero-order valence-corrected chi connectivity index (χ0v) is 19.8. The van der Waals surface area contributed by atoms with Crippen molar-refractivity contribution < 1.29 is 13.2 Å². The molecule has 10 nitrogen and oxygen atoms in total. The molecule has 35 heavy (non-hydrogen) atoms. The first-order chi connectivity index (χ1) is 16.7. The highest BCUT2D eigenvalue weighted by Crippen LogP contribution is 2.32. The predicted molar refractivity (Wildman–Crippen MR) is 131 cm³/mol. The third-order valence-electron chi connectivity index (χ3n) is 5.99. The second-order valence-corrected chi connectivity index (χ2v) is 10.4. The van der Waals surface area contributed by atoms with E-state index in [2.05, 4.69) is 31.3 Å². The Bertz CT molecular complexity index is 1640. The van der Waals surface area contributed by atoms with Crippen molar-refractivity contribution in [3.63, 3.8) is 0 Å². The Morgan fingerprint density at radius 1 is 1.23 bits per heavy atom. The maximum absolute atomic E-state index is 12.0. The number of nitrogens with one attached hydrogen (secondary N) is 2. The average molecular weight is 488 g/mol. The molecule has 0 unspecified atom stereocenters. The Morgan fingerprint density at radius 2 is 2.06 bits per heavy atom. The molecule has 0 bridgehead atoms. The third-order valence-corrected chi connectivity index (χ3v) is 7.16. The zero-order valence-electron chi connectivity index (χ0n) is 19.0. The van der Waals surface area contributed by atoms with Crippen LogP contribution in [0.3, 0.4) is 0 Å². The number of nitrogens with zero attached hydrogens (tertiary/aromatic N) is 5. The van der Waals surface area contributed by atoms with Gasteiger partial charge in [0.2, 0.25) is 10.0 Å². The van der Waals surface area contributed by atoms with Crippen LogP contribution >= 0.6 is 0 Å². The number of aromatic nitrogens is 4. The van der Waals surface area contributed by atoms with Crippen molar-refractivity contribution in [2.75, 3.05) is 22.9 Å². The van der Waals surface area contributed by atoms with Crippen LogP contribution in [0, 0.1) is 11.3 Å². The van der Waals surface area contributed by atoms with Gasteiger partial charge in [-0.05, 0) is 23.8 Å². The number of Topliss-reactive ketones (excluding diaryl/α,β-unsaturated/α-hetero) is 1. The molecule has 4 heterocycles. The molecular formula is C24H21N7O3S. The predicted octanol–water partition coefficient (Wildman–Crippen LogP) is 2.57.